The lowest BCUT2D eigenvalue weighted by molar-refractivity contribution is -0.137. The SMILES string of the molecule is CCC1OCCC1C(=O)N(CC)CCC(N)=S. The van der Waals surface area contributed by atoms with E-state index in [1.807, 2.05) is 11.8 Å². The third kappa shape index (κ3) is 3.92. The molecule has 0 saturated carbocycles. The van der Waals surface area contributed by atoms with Crippen LogP contribution in [0.4, 0.5) is 0 Å². The quantitative estimate of drug-likeness (QED) is 0.730. The molecule has 2 atom stereocenters. The van der Waals surface area contributed by atoms with Crippen molar-refractivity contribution in [1.82, 2.24) is 4.90 Å². The number of thiocarbonyl (C=S) groups is 1. The number of hydrogen-bond donors (Lipinski definition) is 1. The number of ether oxygens (including phenoxy) is 1. The van der Waals surface area contributed by atoms with E-state index in [4.69, 9.17) is 22.7 Å². The standard InChI is InChI=1S/C12H22N2O2S/c1-3-10-9(6-8-16-10)12(15)14(4-2)7-5-11(13)17/h9-10H,3-8H2,1-2H3,(H2,13,17). The molecule has 1 aliphatic rings. The van der Waals surface area contributed by atoms with E-state index in [1.165, 1.54) is 0 Å². The van der Waals surface area contributed by atoms with Crippen LogP contribution < -0.4 is 5.73 Å². The van der Waals surface area contributed by atoms with E-state index in [0.717, 1.165) is 12.8 Å². The molecule has 0 aromatic heterocycles. The topological polar surface area (TPSA) is 55.6 Å². The van der Waals surface area contributed by atoms with E-state index >= 15 is 0 Å². The zero-order valence-corrected chi connectivity index (χ0v) is 11.5. The summed E-state index contributed by atoms with van der Waals surface area (Å²) in [6, 6.07) is 0. The van der Waals surface area contributed by atoms with E-state index in [2.05, 4.69) is 6.92 Å². The molecule has 1 fully saturated rings. The van der Waals surface area contributed by atoms with Crippen molar-refractivity contribution < 1.29 is 9.53 Å². The van der Waals surface area contributed by atoms with Crippen LogP contribution in [0.2, 0.25) is 0 Å². The van der Waals surface area contributed by atoms with Gasteiger partial charge in [-0.25, -0.2) is 0 Å². The predicted molar refractivity (Wildman–Crippen MR) is 71.8 cm³/mol. The fourth-order valence-electron chi connectivity index (χ4n) is 2.24. The molecule has 1 saturated heterocycles. The molecule has 1 aliphatic heterocycles. The van der Waals surface area contributed by atoms with Gasteiger partial charge in [-0.05, 0) is 19.8 Å². The van der Waals surface area contributed by atoms with Crippen LogP contribution in [0.3, 0.4) is 0 Å². The van der Waals surface area contributed by atoms with Crippen LogP contribution in [0.25, 0.3) is 0 Å². The normalized spacial score (nSPS) is 23.6. The minimum Gasteiger partial charge on any atom is -0.393 e. The highest BCUT2D eigenvalue weighted by Crippen LogP contribution is 2.25. The second kappa shape index (κ2) is 6.91. The zero-order valence-electron chi connectivity index (χ0n) is 10.6. The number of carbonyl (C=O) groups excluding carboxylic acids is 1. The maximum atomic E-state index is 12.3. The average molecular weight is 258 g/mol. The molecule has 0 radical (unpaired) electrons. The molecule has 17 heavy (non-hydrogen) atoms. The monoisotopic (exact) mass is 258 g/mol. The van der Waals surface area contributed by atoms with Crippen molar-refractivity contribution in [2.45, 2.75) is 39.2 Å². The molecule has 4 nitrogen and oxygen atoms in total. The number of rotatable bonds is 6. The van der Waals surface area contributed by atoms with Gasteiger partial charge >= 0.3 is 0 Å². The zero-order chi connectivity index (χ0) is 12.8. The Hall–Kier alpha value is -0.680. The van der Waals surface area contributed by atoms with Gasteiger partial charge in [0.2, 0.25) is 5.91 Å². The highest BCUT2D eigenvalue weighted by atomic mass is 32.1. The highest BCUT2D eigenvalue weighted by Gasteiger charge is 2.34. The van der Waals surface area contributed by atoms with Crippen molar-refractivity contribution in [1.29, 1.82) is 0 Å². The lowest BCUT2D eigenvalue weighted by atomic mass is 9.98. The van der Waals surface area contributed by atoms with Crippen molar-refractivity contribution in [3.8, 4) is 0 Å². The van der Waals surface area contributed by atoms with Gasteiger partial charge < -0.3 is 15.4 Å². The van der Waals surface area contributed by atoms with E-state index < -0.39 is 0 Å². The van der Waals surface area contributed by atoms with E-state index in [0.29, 0.717) is 31.1 Å². The Morgan fingerprint density at radius 3 is 2.76 bits per heavy atom. The van der Waals surface area contributed by atoms with Crippen LogP contribution in [0.5, 0.6) is 0 Å². The largest absolute Gasteiger partial charge is 0.393 e. The van der Waals surface area contributed by atoms with Gasteiger partial charge in [-0.1, -0.05) is 19.1 Å². The first-order valence-corrected chi connectivity index (χ1v) is 6.69. The number of nitrogens with two attached hydrogens (primary N) is 1. The molecule has 98 valence electrons. The number of nitrogens with zero attached hydrogens (tertiary/aromatic N) is 1. The molecule has 0 aromatic rings. The third-order valence-corrected chi connectivity index (χ3v) is 3.45. The second-order valence-corrected chi connectivity index (χ2v) is 4.87. The minimum atomic E-state index is 0.0197. The smallest absolute Gasteiger partial charge is 0.228 e. The Morgan fingerprint density at radius 1 is 1.53 bits per heavy atom. The molecular weight excluding hydrogens is 236 g/mol. The summed E-state index contributed by atoms with van der Waals surface area (Å²) in [4.78, 5) is 14.6. The van der Waals surface area contributed by atoms with Gasteiger partial charge in [0.15, 0.2) is 0 Å². The van der Waals surface area contributed by atoms with Crippen molar-refractivity contribution in [2.75, 3.05) is 19.7 Å². The lowest BCUT2D eigenvalue weighted by Gasteiger charge is -2.26. The molecular formula is C12H22N2O2S. The Bertz CT molecular complexity index is 284. The fraction of sp³-hybridized carbons (Fsp3) is 0.833. The molecule has 1 heterocycles. The molecule has 0 spiro atoms. The summed E-state index contributed by atoms with van der Waals surface area (Å²) in [6.07, 6.45) is 2.41. The Labute approximate surface area is 108 Å². The summed E-state index contributed by atoms with van der Waals surface area (Å²) in [5.41, 5.74) is 5.47. The number of hydrogen-bond acceptors (Lipinski definition) is 3. The maximum absolute atomic E-state index is 12.3. The van der Waals surface area contributed by atoms with E-state index in [-0.39, 0.29) is 17.9 Å². The summed E-state index contributed by atoms with van der Waals surface area (Å²) < 4.78 is 5.56. The first-order chi connectivity index (χ1) is 8.10. The summed E-state index contributed by atoms with van der Waals surface area (Å²) in [7, 11) is 0. The van der Waals surface area contributed by atoms with Gasteiger partial charge in [0, 0.05) is 26.1 Å². The highest BCUT2D eigenvalue weighted by molar-refractivity contribution is 7.80. The Kier molecular flexibility index (Phi) is 5.85. The van der Waals surface area contributed by atoms with Gasteiger partial charge in [-0.2, -0.15) is 0 Å². The second-order valence-electron chi connectivity index (χ2n) is 4.35. The van der Waals surface area contributed by atoms with Crippen LogP contribution >= 0.6 is 12.2 Å². The average Bonchev–Trinajstić information content (AvgIpc) is 2.77. The third-order valence-electron chi connectivity index (χ3n) is 3.25. The molecule has 1 amide bonds. The molecule has 2 unspecified atom stereocenters. The molecule has 2 N–H and O–H groups in total. The van der Waals surface area contributed by atoms with E-state index in [9.17, 15) is 4.79 Å². The maximum Gasteiger partial charge on any atom is 0.228 e. The van der Waals surface area contributed by atoms with Crippen LogP contribution in [-0.4, -0.2) is 41.6 Å². The van der Waals surface area contributed by atoms with Crippen LogP contribution in [0, 0.1) is 5.92 Å². The summed E-state index contributed by atoms with van der Waals surface area (Å²) in [5, 5.41) is 0. The van der Waals surface area contributed by atoms with Crippen molar-refractivity contribution in [3.05, 3.63) is 0 Å². The molecule has 0 bridgehead atoms. The molecule has 0 aliphatic carbocycles. The fourth-order valence-corrected chi connectivity index (χ4v) is 2.33. The van der Waals surface area contributed by atoms with Gasteiger partial charge in [-0.15, -0.1) is 0 Å². The lowest BCUT2D eigenvalue weighted by Crippen LogP contribution is -2.40. The van der Waals surface area contributed by atoms with E-state index in [1.54, 1.807) is 0 Å². The minimum absolute atomic E-state index is 0.0197. The molecule has 1 rings (SSSR count). The van der Waals surface area contributed by atoms with Crippen molar-refractivity contribution in [3.63, 3.8) is 0 Å². The molecule has 0 aromatic carbocycles. The van der Waals surface area contributed by atoms with Gasteiger partial charge in [0.25, 0.3) is 0 Å². The van der Waals surface area contributed by atoms with Crippen molar-refractivity contribution in [2.24, 2.45) is 11.7 Å². The van der Waals surface area contributed by atoms with Crippen molar-refractivity contribution >= 4 is 23.1 Å². The number of amides is 1. The van der Waals surface area contributed by atoms with Gasteiger partial charge in [0.1, 0.15) is 0 Å². The van der Waals surface area contributed by atoms with Crippen LogP contribution in [0.1, 0.15) is 33.1 Å². The van der Waals surface area contributed by atoms with Gasteiger partial charge in [-0.3, -0.25) is 4.79 Å². The Balaban J connectivity index is 2.55. The van der Waals surface area contributed by atoms with Crippen LogP contribution in [-0.2, 0) is 9.53 Å². The number of carbonyl (C=O) groups is 1. The summed E-state index contributed by atoms with van der Waals surface area (Å²) in [6.45, 7) is 6.06. The first kappa shape index (κ1) is 14.4. The summed E-state index contributed by atoms with van der Waals surface area (Å²) in [5.74, 6) is 0.208. The van der Waals surface area contributed by atoms with Gasteiger partial charge in [0.05, 0.1) is 17.0 Å². The Morgan fingerprint density at radius 2 is 2.24 bits per heavy atom. The predicted octanol–water partition coefficient (Wildman–Crippen LogP) is 1.33. The summed E-state index contributed by atoms with van der Waals surface area (Å²) >= 11 is 4.84. The first-order valence-electron chi connectivity index (χ1n) is 6.28. The van der Waals surface area contributed by atoms with Crippen LogP contribution in [0.15, 0.2) is 0 Å². The molecule has 5 heteroatoms.